The number of nitrogens with zero attached hydrogens (tertiary/aromatic N) is 1. The third-order valence-corrected chi connectivity index (χ3v) is 5.60. The van der Waals surface area contributed by atoms with Gasteiger partial charge in [-0.2, -0.15) is 0 Å². The van der Waals surface area contributed by atoms with Gasteiger partial charge in [0.15, 0.2) is 5.78 Å². The monoisotopic (exact) mass is 358 g/mol. The molecule has 3 heteroatoms. The number of rotatable bonds is 5. The molecule has 1 aliphatic heterocycles. The summed E-state index contributed by atoms with van der Waals surface area (Å²) in [6.07, 6.45) is 1.13. The molecule has 0 saturated carbocycles. The number of hydrogen-bond donors (Lipinski definition) is 1. The Morgan fingerprint density at radius 1 is 1.04 bits per heavy atom. The van der Waals surface area contributed by atoms with Crippen molar-refractivity contribution in [2.24, 2.45) is 0 Å². The summed E-state index contributed by atoms with van der Waals surface area (Å²) in [5, 5.41) is 6.44. The van der Waals surface area contributed by atoms with Gasteiger partial charge in [-0.05, 0) is 60.9 Å². The van der Waals surface area contributed by atoms with E-state index in [0.717, 1.165) is 25.1 Å². The first-order valence-corrected chi connectivity index (χ1v) is 9.71. The summed E-state index contributed by atoms with van der Waals surface area (Å²) in [5.74, 6) is 0.117. The number of anilines is 1. The molecule has 1 N–H and O–H groups in total. The third kappa shape index (κ3) is 3.74. The number of ketones is 1. The number of Topliss-reactive ketones (excluding diaryl/α,β-unsaturated/α-hetero) is 1. The molecule has 1 saturated heterocycles. The van der Waals surface area contributed by atoms with Crippen molar-refractivity contribution in [3.63, 3.8) is 0 Å². The summed E-state index contributed by atoms with van der Waals surface area (Å²) in [7, 11) is 0. The van der Waals surface area contributed by atoms with Gasteiger partial charge in [0.1, 0.15) is 0 Å². The Kier molecular flexibility index (Phi) is 4.95. The highest BCUT2D eigenvalue weighted by molar-refractivity contribution is 5.94. The lowest BCUT2D eigenvalue weighted by molar-refractivity contribution is 0.101. The molecule has 0 radical (unpaired) electrons. The van der Waals surface area contributed by atoms with Crippen molar-refractivity contribution in [1.29, 1.82) is 0 Å². The fourth-order valence-electron chi connectivity index (χ4n) is 4.11. The van der Waals surface area contributed by atoms with Crippen LogP contribution in [0.5, 0.6) is 0 Å². The minimum Gasteiger partial charge on any atom is -0.370 e. The molecule has 3 aromatic rings. The van der Waals surface area contributed by atoms with E-state index >= 15 is 0 Å². The van der Waals surface area contributed by atoms with Crippen LogP contribution in [-0.4, -0.2) is 24.9 Å². The van der Waals surface area contributed by atoms with Crippen LogP contribution in [0.15, 0.2) is 66.7 Å². The van der Waals surface area contributed by atoms with Crippen molar-refractivity contribution in [2.45, 2.75) is 32.4 Å². The van der Waals surface area contributed by atoms with Crippen LogP contribution in [0.25, 0.3) is 10.8 Å². The fraction of sp³-hybridized carbons (Fsp3) is 0.292. The molecular formula is C24H26N2O. The number of fused-ring (bicyclic) bond motifs is 1. The molecular weight excluding hydrogens is 332 g/mol. The van der Waals surface area contributed by atoms with Gasteiger partial charge in [0.2, 0.25) is 0 Å². The molecule has 1 aliphatic rings. The SMILES string of the molecule is CC(=O)c1ccc(N2CCC(NC(C)c3cccc4ccccc34)C2)cc1. The van der Waals surface area contributed by atoms with Gasteiger partial charge in [-0.1, -0.05) is 42.5 Å². The third-order valence-electron chi connectivity index (χ3n) is 5.60. The molecule has 3 aromatic carbocycles. The number of carbonyl (C=O) groups excluding carboxylic acids is 1. The molecule has 1 heterocycles. The molecule has 4 rings (SSSR count). The van der Waals surface area contributed by atoms with Gasteiger partial charge in [-0.3, -0.25) is 4.79 Å². The van der Waals surface area contributed by atoms with Crippen LogP contribution < -0.4 is 10.2 Å². The predicted octanol–water partition coefficient (Wildman–Crippen LogP) is 4.97. The van der Waals surface area contributed by atoms with E-state index < -0.39 is 0 Å². The van der Waals surface area contributed by atoms with E-state index in [1.807, 2.05) is 12.1 Å². The van der Waals surface area contributed by atoms with Gasteiger partial charge in [0.05, 0.1) is 0 Å². The van der Waals surface area contributed by atoms with Crippen molar-refractivity contribution >= 4 is 22.2 Å². The van der Waals surface area contributed by atoms with Crippen molar-refractivity contribution < 1.29 is 4.79 Å². The zero-order chi connectivity index (χ0) is 18.8. The summed E-state index contributed by atoms with van der Waals surface area (Å²) in [4.78, 5) is 13.9. The largest absolute Gasteiger partial charge is 0.370 e. The van der Waals surface area contributed by atoms with E-state index in [1.54, 1.807) is 6.92 Å². The van der Waals surface area contributed by atoms with E-state index in [9.17, 15) is 4.79 Å². The van der Waals surface area contributed by atoms with Crippen molar-refractivity contribution in [1.82, 2.24) is 5.32 Å². The number of benzene rings is 3. The van der Waals surface area contributed by atoms with Gasteiger partial charge >= 0.3 is 0 Å². The van der Waals surface area contributed by atoms with Crippen LogP contribution in [0.4, 0.5) is 5.69 Å². The van der Waals surface area contributed by atoms with Crippen LogP contribution in [0.3, 0.4) is 0 Å². The number of hydrogen-bond acceptors (Lipinski definition) is 3. The average molecular weight is 358 g/mol. The quantitative estimate of drug-likeness (QED) is 0.654. The van der Waals surface area contributed by atoms with Gasteiger partial charge in [0, 0.05) is 36.4 Å². The highest BCUT2D eigenvalue weighted by atomic mass is 16.1. The van der Waals surface area contributed by atoms with E-state index in [1.165, 1.54) is 22.0 Å². The second kappa shape index (κ2) is 7.53. The van der Waals surface area contributed by atoms with Crippen LogP contribution in [0.2, 0.25) is 0 Å². The molecule has 27 heavy (non-hydrogen) atoms. The summed E-state index contributed by atoms with van der Waals surface area (Å²) in [6.45, 7) is 5.90. The lowest BCUT2D eigenvalue weighted by Crippen LogP contribution is -2.34. The lowest BCUT2D eigenvalue weighted by atomic mass is 9.99. The Morgan fingerprint density at radius 3 is 2.56 bits per heavy atom. The Balaban J connectivity index is 1.44. The van der Waals surface area contributed by atoms with E-state index in [0.29, 0.717) is 12.1 Å². The number of carbonyl (C=O) groups is 1. The fourth-order valence-corrected chi connectivity index (χ4v) is 4.11. The van der Waals surface area contributed by atoms with E-state index in [2.05, 4.69) is 71.7 Å². The first kappa shape index (κ1) is 17.7. The Hall–Kier alpha value is -2.65. The van der Waals surface area contributed by atoms with Crippen molar-refractivity contribution in [3.05, 3.63) is 77.9 Å². The second-order valence-electron chi connectivity index (χ2n) is 7.49. The summed E-state index contributed by atoms with van der Waals surface area (Å²) in [6, 6.07) is 23.9. The zero-order valence-electron chi connectivity index (χ0n) is 16.0. The summed E-state index contributed by atoms with van der Waals surface area (Å²) < 4.78 is 0. The molecule has 0 bridgehead atoms. The van der Waals surface area contributed by atoms with Gasteiger partial charge in [0.25, 0.3) is 0 Å². The second-order valence-corrected chi connectivity index (χ2v) is 7.49. The van der Waals surface area contributed by atoms with Crippen molar-refractivity contribution in [3.8, 4) is 0 Å². The maximum atomic E-state index is 11.5. The normalized spacial score (nSPS) is 18.0. The highest BCUT2D eigenvalue weighted by Gasteiger charge is 2.24. The zero-order valence-corrected chi connectivity index (χ0v) is 16.0. The molecule has 0 amide bonds. The van der Waals surface area contributed by atoms with Crippen molar-refractivity contribution in [2.75, 3.05) is 18.0 Å². The predicted molar refractivity (Wildman–Crippen MR) is 113 cm³/mol. The Labute approximate surface area is 161 Å². The lowest BCUT2D eigenvalue weighted by Gasteiger charge is -2.23. The summed E-state index contributed by atoms with van der Waals surface area (Å²) >= 11 is 0. The first-order chi connectivity index (χ1) is 13.1. The molecule has 0 aromatic heterocycles. The van der Waals surface area contributed by atoms with Crippen LogP contribution >= 0.6 is 0 Å². The average Bonchev–Trinajstić information content (AvgIpc) is 3.16. The van der Waals surface area contributed by atoms with Gasteiger partial charge in [-0.25, -0.2) is 0 Å². The first-order valence-electron chi connectivity index (χ1n) is 9.71. The molecule has 138 valence electrons. The van der Waals surface area contributed by atoms with E-state index in [-0.39, 0.29) is 5.78 Å². The van der Waals surface area contributed by atoms with Gasteiger partial charge < -0.3 is 10.2 Å². The highest BCUT2D eigenvalue weighted by Crippen LogP contribution is 2.26. The number of nitrogens with one attached hydrogen (secondary N) is 1. The molecule has 0 spiro atoms. The molecule has 1 fully saturated rings. The van der Waals surface area contributed by atoms with Crippen LogP contribution in [0.1, 0.15) is 42.2 Å². The maximum Gasteiger partial charge on any atom is 0.159 e. The van der Waals surface area contributed by atoms with Crippen LogP contribution in [0, 0.1) is 0 Å². The molecule has 0 aliphatic carbocycles. The minimum absolute atomic E-state index is 0.117. The summed E-state index contributed by atoms with van der Waals surface area (Å²) in [5.41, 5.74) is 3.33. The Bertz CT molecular complexity index is 943. The van der Waals surface area contributed by atoms with Gasteiger partial charge in [-0.15, -0.1) is 0 Å². The molecule has 3 nitrogen and oxygen atoms in total. The maximum absolute atomic E-state index is 11.5. The minimum atomic E-state index is 0.117. The standard InChI is InChI=1S/C24H26N2O/c1-17(23-9-5-7-20-6-3-4-8-24(20)23)25-21-14-15-26(16-21)22-12-10-19(11-13-22)18(2)27/h3-13,17,21,25H,14-16H2,1-2H3. The molecule has 2 atom stereocenters. The topological polar surface area (TPSA) is 32.3 Å². The van der Waals surface area contributed by atoms with E-state index in [4.69, 9.17) is 0 Å². The smallest absolute Gasteiger partial charge is 0.159 e. The Morgan fingerprint density at radius 2 is 1.78 bits per heavy atom. The van der Waals surface area contributed by atoms with Crippen LogP contribution in [-0.2, 0) is 0 Å². The molecule has 2 unspecified atom stereocenters.